The SMILES string of the molecule is CCOCCC(=O)N/N=C/c1sccc1C. The lowest BCUT2D eigenvalue weighted by molar-refractivity contribution is -0.122. The average Bonchev–Trinajstić information content (AvgIpc) is 2.65. The van der Waals surface area contributed by atoms with Gasteiger partial charge in [-0.3, -0.25) is 4.79 Å². The zero-order chi connectivity index (χ0) is 11.8. The molecule has 88 valence electrons. The third-order valence-electron chi connectivity index (χ3n) is 1.95. The maximum Gasteiger partial charge on any atom is 0.242 e. The number of hydrazone groups is 1. The minimum Gasteiger partial charge on any atom is -0.381 e. The van der Waals surface area contributed by atoms with E-state index in [1.54, 1.807) is 17.6 Å². The second-order valence-electron chi connectivity index (χ2n) is 3.21. The molecule has 0 bridgehead atoms. The van der Waals surface area contributed by atoms with Gasteiger partial charge in [0.15, 0.2) is 0 Å². The second kappa shape index (κ2) is 7.14. The van der Waals surface area contributed by atoms with Crippen molar-refractivity contribution in [3.05, 3.63) is 21.9 Å². The molecule has 16 heavy (non-hydrogen) atoms. The van der Waals surface area contributed by atoms with Gasteiger partial charge in [0.2, 0.25) is 5.91 Å². The molecule has 1 aromatic heterocycles. The zero-order valence-corrected chi connectivity index (χ0v) is 10.3. The third-order valence-corrected chi connectivity index (χ3v) is 2.90. The normalized spacial score (nSPS) is 10.9. The Morgan fingerprint density at radius 3 is 3.12 bits per heavy atom. The number of nitrogens with one attached hydrogen (secondary N) is 1. The quantitative estimate of drug-likeness (QED) is 0.469. The van der Waals surface area contributed by atoms with Crippen LogP contribution in [0, 0.1) is 6.92 Å². The van der Waals surface area contributed by atoms with Crippen LogP contribution in [-0.2, 0) is 9.53 Å². The molecule has 1 heterocycles. The van der Waals surface area contributed by atoms with Gasteiger partial charge >= 0.3 is 0 Å². The minimum absolute atomic E-state index is 0.126. The molecule has 0 radical (unpaired) electrons. The van der Waals surface area contributed by atoms with Crippen molar-refractivity contribution in [3.8, 4) is 0 Å². The number of ether oxygens (including phenoxy) is 1. The van der Waals surface area contributed by atoms with Crippen molar-refractivity contribution in [3.63, 3.8) is 0 Å². The highest BCUT2D eigenvalue weighted by atomic mass is 32.1. The van der Waals surface area contributed by atoms with Crippen LogP contribution in [0.4, 0.5) is 0 Å². The summed E-state index contributed by atoms with van der Waals surface area (Å²) >= 11 is 1.60. The first-order chi connectivity index (χ1) is 7.74. The maximum absolute atomic E-state index is 11.2. The van der Waals surface area contributed by atoms with Crippen LogP contribution in [0.1, 0.15) is 23.8 Å². The Labute approximate surface area is 99.3 Å². The fourth-order valence-corrected chi connectivity index (χ4v) is 1.83. The third kappa shape index (κ3) is 4.55. The van der Waals surface area contributed by atoms with E-state index >= 15 is 0 Å². The molecule has 0 aromatic carbocycles. The molecule has 0 atom stereocenters. The molecule has 0 fully saturated rings. The van der Waals surface area contributed by atoms with Crippen molar-refractivity contribution in [2.24, 2.45) is 5.10 Å². The van der Waals surface area contributed by atoms with Crippen LogP contribution in [-0.4, -0.2) is 25.3 Å². The van der Waals surface area contributed by atoms with Crippen molar-refractivity contribution in [2.45, 2.75) is 20.3 Å². The summed E-state index contributed by atoms with van der Waals surface area (Å²) in [6, 6.07) is 2.02. The van der Waals surface area contributed by atoms with Crippen LogP contribution in [0.3, 0.4) is 0 Å². The van der Waals surface area contributed by atoms with Crippen molar-refractivity contribution in [1.82, 2.24) is 5.43 Å². The monoisotopic (exact) mass is 240 g/mol. The summed E-state index contributed by atoms with van der Waals surface area (Å²) in [5, 5.41) is 5.88. The molecular formula is C11H16N2O2S. The number of aryl methyl sites for hydroxylation is 1. The maximum atomic E-state index is 11.2. The Bertz CT molecular complexity index is 361. The second-order valence-corrected chi connectivity index (χ2v) is 4.16. The molecule has 1 N–H and O–H groups in total. The first-order valence-electron chi connectivity index (χ1n) is 5.17. The fraction of sp³-hybridized carbons (Fsp3) is 0.455. The Morgan fingerprint density at radius 2 is 2.50 bits per heavy atom. The first-order valence-corrected chi connectivity index (χ1v) is 6.05. The number of carbonyl (C=O) groups is 1. The predicted octanol–water partition coefficient (Wildman–Crippen LogP) is 1.93. The molecule has 1 rings (SSSR count). The van der Waals surface area contributed by atoms with Crippen LogP contribution in [0.15, 0.2) is 16.5 Å². The number of hydrogen-bond donors (Lipinski definition) is 1. The number of nitrogens with zero attached hydrogens (tertiary/aromatic N) is 1. The summed E-state index contributed by atoms with van der Waals surface area (Å²) in [6.45, 7) is 4.98. The summed E-state index contributed by atoms with van der Waals surface area (Å²) < 4.78 is 5.06. The van der Waals surface area contributed by atoms with E-state index in [1.807, 2.05) is 25.3 Å². The van der Waals surface area contributed by atoms with Crippen molar-refractivity contribution >= 4 is 23.5 Å². The Morgan fingerprint density at radius 1 is 1.69 bits per heavy atom. The van der Waals surface area contributed by atoms with Gasteiger partial charge in [0, 0.05) is 11.5 Å². The van der Waals surface area contributed by atoms with Gasteiger partial charge in [-0.1, -0.05) is 0 Å². The smallest absolute Gasteiger partial charge is 0.242 e. The number of carbonyl (C=O) groups excluding carboxylic acids is 1. The zero-order valence-electron chi connectivity index (χ0n) is 9.53. The van der Waals surface area contributed by atoms with Crippen LogP contribution in [0.2, 0.25) is 0 Å². The predicted molar refractivity (Wildman–Crippen MR) is 65.9 cm³/mol. The van der Waals surface area contributed by atoms with E-state index in [9.17, 15) is 4.79 Å². The molecule has 0 spiro atoms. The van der Waals surface area contributed by atoms with Crippen LogP contribution >= 0.6 is 11.3 Å². The molecule has 0 saturated heterocycles. The lowest BCUT2D eigenvalue weighted by Crippen LogP contribution is -2.19. The van der Waals surface area contributed by atoms with Gasteiger partial charge in [-0.05, 0) is 30.9 Å². The highest BCUT2D eigenvalue weighted by molar-refractivity contribution is 7.11. The van der Waals surface area contributed by atoms with Crippen molar-refractivity contribution < 1.29 is 9.53 Å². The minimum atomic E-state index is -0.126. The van der Waals surface area contributed by atoms with Gasteiger partial charge in [0.05, 0.1) is 19.2 Å². The topological polar surface area (TPSA) is 50.7 Å². The van der Waals surface area contributed by atoms with Gasteiger partial charge in [0.25, 0.3) is 0 Å². The number of rotatable bonds is 6. The highest BCUT2D eigenvalue weighted by Gasteiger charge is 1.99. The summed E-state index contributed by atoms with van der Waals surface area (Å²) in [5.41, 5.74) is 3.63. The molecule has 1 aromatic rings. The first kappa shape index (κ1) is 12.9. The Kier molecular flexibility index (Phi) is 5.74. The van der Waals surface area contributed by atoms with Crippen LogP contribution < -0.4 is 5.43 Å². The summed E-state index contributed by atoms with van der Waals surface area (Å²) in [4.78, 5) is 12.3. The molecule has 0 unspecified atom stereocenters. The van der Waals surface area contributed by atoms with Crippen molar-refractivity contribution in [1.29, 1.82) is 0 Å². The van der Waals surface area contributed by atoms with E-state index in [2.05, 4.69) is 10.5 Å². The molecule has 5 heteroatoms. The van der Waals surface area contributed by atoms with Gasteiger partial charge in [-0.25, -0.2) is 5.43 Å². The van der Waals surface area contributed by atoms with E-state index in [-0.39, 0.29) is 5.91 Å². The number of thiophene rings is 1. The summed E-state index contributed by atoms with van der Waals surface area (Å²) in [5.74, 6) is -0.126. The average molecular weight is 240 g/mol. The molecule has 4 nitrogen and oxygen atoms in total. The molecule has 0 aliphatic carbocycles. The fourth-order valence-electron chi connectivity index (χ4n) is 1.04. The highest BCUT2D eigenvalue weighted by Crippen LogP contribution is 2.12. The largest absolute Gasteiger partial charge is 0.381 e. The number of hydrogen-bond acceptors (Lipinski definition) is 4. The molecule has 1 amide bonds. The van der Waals surface area contributed by atoms with Gasteiger partial charge < -0.3 is 4.74 Å². The van der Waals surface area contributed by atoms with Gasteiger partial charge in [0.1, 0.15) is 0 Å². The van der Waals surface area contributed by atoms with E-state index in [0.29, 0.717) is 19.6 Å². The molecule has 0 saturated carbocycles. The van der Waals surface area contributed by atoms with E-state index in [4.69, 9.17) is 4.74 Å². The summed E-state index contributed by atoms with van der Waals surface area (Å²) in [7, 11) is 0. The van der Waals surface area contributed by atoms with Crippen LogP contribution in [0.5, 0.6) is 0 Å². The lowest BCUT2D eigenvalue weighted by Gasteiger charge is -1.99. The van der Waals surface area contributed by atoms with E-state index in [1.165, 1.54) is 0 Å². The Balaban J connectivity index is 2.26. The van der Waals surface area contributed by atoms with E-state index < -0.39 is 0 Å². The van der Waals surface area contributed by atoms with Gasteiger partial charge in [-0.2, -0.15) is 5.10 Å². The molecular weight excluding hydrogens is 224 g/mol. The lowest BCUT2D eigenvalue weighted by atomic mass is 10.3. The van der Waals surface area contributed by atoms with Crippen molar-refractivity contribution in [2.75, 3.05) is 13.2 Å². The number of amides is 1. The standard InChI is InChI=1S/C11H16N2O2S/c1-3-15-6-4-11(14)13-12-8-10-9(2)5-7-16-10/h5,7-8H,3-4,6H2,1-2H3,(H,13,14)/b12-8+. The van der Waals surface area contributed by atoms with E-state index in [0.717, 1.165) is 10.4 Å². The van der Waals surface area contributed by atoms with Crippen LogP contribution in [0.25, 0.3) is 0 Å². The molecule has 0 aliphatic rings. The molecule has 0 aliphatic heterocycles. The Hall–Kier alpha value is -1.20. The van der Waals surface area contributed by atoms with Gasteiger partial charge in [-0.15, -0.1) is 11.3 Å². The summed E-state index contributed by atoms with van der Waals surface area (Å²) in [6.07, 6.45) is 2.01.